The molecule has 1 heterocycles. The van der Waals surface area contributed by atoms with Crippen molar-refractivity contribution in [3.8, 4) is 0 Å². The third-order valence-corrected chi connectivity index (χ3v) is 2.49. The molecule has 0 aromatic carbocycles. The van der Waals surface area contributed by atoms with Crippen molar-refractivity contribution in [3.63, 3.8) is 0 Å². The summed E-state index contributed by atoms with van der Waals surface area (Å²) in [5.41, 5.74) is -0.800. The van der Waals surface area contributed by atoms with Crippen LogP contribution in [-0.2, 0) is 4.79 Å². The van der Waals surface area contributed by atoms with Gasteiger partial charge in [-0.3, -0.25) is 14.9 Å². The second kappa shape index (κ2) is 6.64. The van der Waals surface area contributed by atoms with E-state index in [9.17, 15) is 19.7 Å². The Morgan fingerprint density at radius 2 is 2.00 bits per heavy atom. The first-order valence-electron chi connectivity index (χ1n) is 6.17. The van der Waals surface area contributed by atoms with Gasteiger partial charge in [0.25, 0.3) is 0 Å². The van der Waals surface area contributed by atoms with Crippen molar-refractivity contribution in [2.45, 2.75) is 32.9 Å². The van der Waals surface area contributed by atoms with Gasteiger partial charge < -0.3 is 15.7 Å². The number of pyridine rings is 1. The molecule has 0 saturated heterocycles. The zero-order chi connectivity index (χ0) is 16.2. The maximum atomic E-state index is 11.7. The average Bonchev–Trinajstić information content (AvgIpc) is 2.37. The highest BCUT2D eigenvalue weighted by Gasteiger charge is 2.22. The number of carbonyl (C=O) groups excluding carboxylic acids is 1. The van der Waals surface area contributed by atoms with E-state index in [1.54, 1.807) is 13.8 Å². The Kier molecular flexibility index (Phi) is 5.17. The Bertz CT molecular complexity index is 573. The van der Waals surface area contributed by atoms with Crippen molar-refractivity contribution in [2.24, 2.45) is 0 Å². The van der Waals surface area contributed by atoms with Gasteiger partial charge in [-0.1, -0.05) is 0 Å². The average molecular weight is 296 g/mol. The monoisotopic (exact) mass is 296 g/mol. The highest BCUT2D eigenvalue weighted by atomic mass is 16.6. The molecule has 114 valence electrons. The molecule has 1 aromatic heterocycles. The van der Waals surface area contributed by atoms with Crippen molar-refractivity contribution >= 4 is 23.4 Å². The highest BCUT2D eigenvalue weighted by molar-refractivity contribution is 5.89. The zero-order valence-corrected chi connectivity index (χ0v) is 11.8. The molecule has 1 aromatic rings. The van der Waals surface area contributed by atoms with E-state index in [1.165, 1.54) is 6.92 Å². The lowest BCUT2D eigenvalue weighted by atomic mass is 10.2. The van der Waals surface area contributed by atoms with E-state index in [2.05, 4.69) is 15.6 Å². The molecular formula is C12H16N4O5. The van der Waals surface area contributed by atoms with Gasteiger partial charge in [0.1, 0.15) is 6.04 Å². The Hall–Kier alpha value is -2.71. The van der Waals surface area contributed by atoms with Crippen LogP contribution in [0.5, 0.6) is 0 Å². The number of nitrogens with zero attached hydrogens (tertiary/aromatic N) is 2. The van der Waals surface area contributed by atoms with Crippen LogP contribution in [0.1, 0.15) is 31.1 Å². The number of amides is 1. The highest BCUT2D eigenvalue weighted by Crippen LogP contribution is 2.23. The quantitative estimate of drug-likeness (QED) is 0.526. The molecule has 1 amide bonds. The summed E-state index contributed by atoms with van der Waals surface area (Å²) in [5, 5.41) is 25.0. The molecule has 1 atom stereocenters. The molecule has 9 nitrogen and oxygen atoms in total. The number of carboxylic acid groups (broad SMARTS) is 1. The number of carboxylic acids is 1. The SMILES string of the molecule is CC(C)NC(=O)C(C)Nc1ncc(C(=O)O)cc1[N+](=O)[O-]. The first kappa shape index (κ1) is 16.3. The van der Waals surface area contributed by atoms with Crippen molar-refractivity contribution in [1.29, 1.82) is 0 Å². The third kappa shape index (κ3) is 4.41. The van der Waals surface area contributed by atoms with Crippen LogP contribution in [0.2, 0.25) is 0 Å². The van der Waals surface area contributed by atoms with Crippen LogP contribution in [0, 0.1) is 10.1 Å². The number of nitro groups is 1. The maximum absolute atomic E-state index is 11.7. The van der Waals surface area contributed by atoms with Crippen LogP contribution in [0.4, 0.5) is 11.5 Å². The molecule has 3 N–H and O–H groups in total. The van der Waals surface area contributed by atoms with Crippen LogP contribution in [0.15, 0.2) is 12.3 Å². The molecule has 0 saturated carbocycles. The van der Waals surface area contributed by atoms with E-state index < -0.39 is 22.6 Å². The number of rotatable bonds is 6. The topological polar surface area (TPSA) is 134 Å². The lowest BCUT2D eigenvalue weighted by Gasteiger charge is -2.16. The minimum Gasteiger partial charge on any atom is -0.478 e. The second-order valence-electron chi connectivity index (χ2n) is 4.68. The number of hydrogen-bond donors (Lipinski definition) is 3. The fourth-order valence-corrected chi connectivity index (χ4v) is 1.50. The van der Waals surface area contributed by atoms with Crippen LogP contribution >= 0.6 is 0 Å². The van der Waals surface area contributed by atoms with Gasteiger partial charge >= 0.3 is 11.7 Å². The van der Waals surface area contributed by atoms with Crippen molar-refractivity contribution in [3.05, 3.63) is 27.9 Å². The van der Waals surface area contributed by atoms with E-state index in [1.807, 2.05) is 0 Å². The van der Waals surface area contributed by atoms with Gasteiger partial charge in [0, 0.05) is 18.3 Å². The number of aromatic nitrogens is 1. The first-order valence-corrected chi connectivity index (χ1v) is 6.17. The number of carbonyl (C=O) groups is 2. The van der Waals surface area contributed by atoms with E-state index in [0.29, 0.717) is 0 Å². The smallest absolute Gasteiger partial charge is 0.337 e. The Balaban J connectivity index is 3.00. The summed E-state index contributed by atoms with van der Waals surface area (Å²) in [6.45, 7) is 5.09. The number of hydrogen-bond acceptors (Lipinski definition) is 6. The lowest BCUT2D eigenvalue weighted by molar-refractivity contribution is -0.384. The summed E-state index contributed by atoms with van der Waals surface area (Å²) in [6.07, 6.45) is 0.991. The van der Waals surface area contributed by atoms with Gasteiger partial charge in [0.2, 0.25) is 11.7 Å². The lowest BCUT2D eigenvalue weighted by Crippen LogP contribution is -2.41. The molecule has 21 heavy (non-hydrogen) atoms. The van der Waals surface area contributed by atoms with E-state index >= 15 is 0 Å². The van der Waals surface area contributed by atoms with E-state index in [4.69, 9.17) is 5.11 Å². The predicted molar refractivity (Wildman–Crippen MR) is 74.2 cm³/mol. The van der Waals surface area contributed by atoms with Crippen LogP contribution in [-0.4, -0.2) is 39.0 Å². The van der Waals surface area contributed by atoms with Gasteiger partial charge in [-0.2, -0.15) is 0 Å². The van der Waals surface area contributed by atoms with Gasteiger partial charge in [-0.15, -0.1) is 0 Å². The van der Waals surface area contributed by atoms with Crippen molar-refractivity contribution in [2.75, 3.05) is 5.32 Å². The van der Waals surface area contributed by atoms with Crippen LogP contribution in [0.25, 0.3) is 0 Å². The molecule has 0 aliphatic heterocycles. The summed E-state index contributed by atoms with van der Waals surface area (Å²) < 4.78 is 0. The molecule has 0 fully saturated rings. The molecule has 0 aliphatic carbocycles. The van der Waals surface area contributed by atoms with E-state index in [-0.39, 0.29) is 23.3 Å². The largest absolute Gasteiger partial charge is 0.478 e. The summed E-state index contributed by atoms with van der Waals surface area (Å²) in [4.78, 5) is 36.5. The minimum atomic E-state index is -1.32. The fourth-order valence-electron chi connectivity index (χ4n) is 1.50. The Morgan fingerprint density at radius 3 is 2.48 bits per heavy atom. The third-order valence-electron chi connectivity index (χ3n) is 2.49. The molecule has 9 heteroatoms. The Morgan fingerprint density at radius 1 is 1.38 bits per heavy atom. The summed E-state index contributed by atoms with van der Waals surface area (Å²) >= 11 is 0. The summed E-state index contributed by atoms with van der Waals surface area (Å²) in [6, 6.07) is 0.0680. The van der Waals surface area contributed by atoms with E-state index in [0.717, 1.165) is 12.3 Å². The summed E-state index contributed by atoms with van der Waals surface area (Å²) in [5.74, 6) is -1.82. The normalized spacial score (nSPS) is 11.8. The number of aromatic carboxylic acids is 1. The second-order valence-corrected chi connectivity index (χ2v) is 4.68. The van der Waals surface area contributed by atoms with Gasteiger partial charge in [0.05, 0.1) is 10.5 Å². The van der Waals surface area contributed by atoms with Crippen LogP contribution in [0.3, 0.4) is 0 Å². The van der Waals surface area contributed by atoms with Crippen LogP contribution < -0.4 is 10.6 Å². The minimum absolute atomic E-state index is 0.0703. The maximum Gasteiger partial charge on any atom is 0.337 e. The van der Waals surface area contributed by atoms with Crippen molar-refractivity contribution in [1.82, 2.24) is 10.3 Å². The Labute approximate surface area is 120 Å². The van der Waals surface area contributed by atoms with Gasteiger partial charge in [-0.05, 0) is 20.8 Å². The molecule has 0 bridgehead atoms. The fraction of sp³-hybridized carbons (Fsp3) is 0.417. The van der Waals surface area contributed by atoms with Gasteiger partial charge in [0.15, 0.2) is 0 Å². The number of nitrogens with one attached hydrogen (secondary N) is 2. The number of anilines is 1. The molecule has 0 radical (unpaired) electrons. The molecule has 1 unspecified atom stereocenters. The zero-order valence-electron chi connectivity index (χ0n) is 11.8. The molecule has 1 rings (SSSR count). The van der Waals surface area contributed by atoms with Gasteiger partial charge in [-0.25, -0.2) is 9.78 Å². The predicted octanol–water partition coefficient (Wildman–Crippen LogP) is 1.01. The first-order chi connectivity index (χ1) is 9.72. The molecule has 0 aliphatic rings. The molecule has 0 spiro atoms. The summed E-state index contributed by atoms with van der Waals surface area (Å²) in [7, 11) is 0. The standard InChI is InChI=1S/C12H16N4O5/c1-6(2)14-11(17)7(3)15-10-9(16(20)21)4-8(5-13-10)12(18)19/h4-7H,1-3H3,(H,13,15)(H,14,17)(H,18,19). The van der Waals surface area contributed by atoms with Crippen molar-refractivity contribution < 1.29 is 19.6 Å². The molecular weight excluding hydrogens is 280 g/mol.